The van der Waals surface area contributed by atoms with E-state index in [9.17, 15) is 0 Å². The molecule has 18 heavy (non-hydrogen) atoms. The molecule has 2 heteroatoms. The Morgan fingerprint density at radius 2 is 2.22 bits per heavy atom. The third-order valence-corrected chi connectivity index (χ3v) is 5.96. The molecule has 1 N–H and O–H groups in total. The van der Waals surface area contributed by atoms with Crippen molar-refractivity contribution in [2.24, 2.45) is 23.7 Å². The second-order valence-corrected chi connectivity index (χ2v) is 7.56. The van der Waals surface area contributed by atoms with Gasteiger partial charge in [-0.1, -0.05) is 26.3 Å². The quantitative estimate of drug-likeness (QED) is 0.826. The molecule has 100 valence electrons. The monoisotopic (exact) mass is 263 g/mol. The number of hydrogen-bond acceptors (Lipinski definition) is 2. The molecule has 3 rings (SSSR count). The van der Waals surface area contributed by atoms with Crippen LogP contribution in [0.2, 0.25) is 0 Å². The minimum absolute atomic E-state index is 0.559. The van der Waals surface area contributed by atoms with Crippen molar-refractivity contribution >= 4 is 11.3 Å². The van der Waals surface area contributed by atoms with E-state index < -0.39 is 0 Å². The van der Waals surface area contributed by atoms with Gasteiger partial charge in [0.15, 0.2) is 0 Å². The van der Waals surface area contributed by atoms with Gasteiger partial charge in [-0.2, -0.15) is 0 Å². The van der Waals surface area contributed by atoms with Gasteiger partial charge in [0.2, 0.25) is 0 Å². The van der Waals surface area contributed by atoms with Crippen LogP contribution in [0.4, 0.5) is 0 Å². The van der Waals surface area contributed by atoms with E-state index in [1.165, 1.54) is 37.1 Å². The van der Waals surface area contributed by atoms with Gasteiger partial charge in [0.05, 0.1) is 0 Å². The van der Waals surface area contributed by atoms with Crippen molar-refractivity contribution in [1.82, 2.24) is 5.32 Å². The van der Waals surface area contributed by atoms with Crippen LogP contribution < -0.4 is 5.32 Å². The van der Waals surface area contributed by atoms with Gasteiger partial charge < -0.3 is 5.32 Å². The van der Waals surface area contributed by atoms with Crippen LogP contribution >= 0.6 is 11.3 Å². The molecule has 4 unspecified atom stereocenters. The molecule has 2 aliphatic rings. The number of rotatable bonds is 5. The Balaban J connectivity index is 1.57. The molecule has 1 aromatic heterocycles. The van der Waals surface area contributed by atoms with E-state index in [1.54, 1.807) is 0 Å². The lowest BCUT2D eigenvalue weighted by Gasteiger charge is -2.27. The lowest BCUT2D eigenvalue weighted by atomic mass is 9.88. The van der Waals surface area contributed by atoms with E-state index in [2.05, 4.69) is 36.7 Å². The predicted molar refractivity (Wildman–Crippen MR) is 78.8 cm³/mol. The van der Waals surface area contributed by atoms with Gasteiger partial charge in [-0.25, -0.2) is 0 Å². The first-order valence-corrected chi connectivity index (χ1v) is 8.38. The zero-order chi connectivity index (χ0) is 12.5. The van der Waals surface area contributed by atoms with Gasteiger partial charge in [0.25, 0.3) is 0 Å². The van der Waals surface area contributed by atoms with Crippen molar-refractivity contribution in [3.63, 3.8) is 0 Å². The minimum Gasteiger partial charge on any atom is -0.309 e. The summed E-state index contributed by atoms with van der Waals surface area (Å²) in [5.41, 5.74) is 0. The number of hydrogen-bond donors (Lipinski definition) is 1. The fraction of sp³-hybridized carbons (Fsp3) is 0.750. The first kappa shape index (κ1) is 12.7. The van der Waals surface area contributed by atoms with Crippen LogP contribution in [0.15, 0.2) is 17.5 Å². The van der Waals surface area contributed by atoms with Gasteiger partial charge in [0.1, 0.15) is 0 Å². The Morgan fingerprint density at radius 1 is 1.33 bits per heavy atom. The summed E-state index contributed by atoms with van der Waals surface area (Å²) < 4.78 is 0. The third-order valence-electron chi connectivity index (χ3n) is 5.00. The van der Waals surface area contributed by atoms with Crippen molar-refractivity contribution in [3.8, 4) is 0 Å². The lowest BCUT2D eigenvalue weighted by molar-refractivity contribution is 0.291. The van der Waals surface area contributed by atoms with E-state index in [4.69, 9.17) is 0 Å². The molecule has 2 saturated carbocycles. The average Bonchev–Trinajstić information content (AvgIpc) is 3.05. The van der Waals surface area contributed by atoms with E-state index in [0.717, 1.165) is 17.8 Å². The largest absolute Gasteiger partial charge is 0.309 e. The van der Waals surface area contributed by atoms with Crippen molar-refractivity contribution in [3.05, 3.63) is 22.4 Å². The zero-order valence-electron chi connectivity index (χ0n) is 11.6. The smallest absolute Gasteiger partial charge is 0.0438 e. The molecule has 0 spiro atoms. The molecule has 2 bridgehead atoms. The molecule has 1 nitrogen and oxygen atoms in total. The molecule has 0 radical (unpaired) electrons. The van der Waals surface area contributed by atoms with Crippen molar-refractivity contribution in [2.75, 3.05) is 6.54 Å². The summed E-state index contributed by atoms with van der Waals surface area (Å²) >= 11 is 1.89. The van der Waals surface area contributed by atoms with Gasteiger partial charge in [-0.3, -0.25) is 0 Å². The molecule has 1 aromatic rings. The SMILES string of the molecule is CC(C)C(NCC1CC2CCC1C2)c1cccs1. The first-order chi connectivity index (χ1) is 8.74. The molecule has 2 aliphatic carbocycles. The maximum Gasteiger partial charge on any atom is 0.0438 e. The molecule has 0 amide bonds. The number of nitrogens with one attached hydrogen (secondary N) is 1. The molecular weight excluding hydrogens is 238 g/mol. The van der Waals surface area contributed by atoms with Crippen LogP contribution in [-0.4, -0.2) is 6.54 Å². The highest BCUT2D eigenvalue weighted by Crippen LogP contribution is 2.48. The normalized spacial score (nSPS) is 32.3. The summed E-state index contributed by atoms with van der Waals surface area (Å²) in [6.07, 6.45) is 6.03. The lowest BCUT2D eigenvalue weighted by Crippen LogP contribution is -2.32. The highest BCUT2D eigenvalue weighted by atomic mass is 32.1. The second-order valence-electron chi connectivity index (χ2n) is 6.58. The summed E-state index contributed by atoms with van der Waals surface area (Å²) in [6.45, 7) is 5.90. The van der Waals surface area contributed by atoms with Gasteiger partial charge in [-0.05, 0) is 60.9 Å². The summed E-state index contributed by atoms with van der Waals surface area (Å²) in [5.74, 6) is 3.76. The molecule has 0 saturated heterocycles. The Morgan fingerprint density at radius 3 is 2.78 bits per heavy atom. The Hall–Kier alpha value is -0.340. The molecule has 4 atom stereocenters. The number of thiophene rings is 1. The summed E-state index contributed by atoms with van der Waals surface area (Å²) in [6, 6.07) is 5.02. The van der Waals surface area contributed by atoms with Crippen LogP contribution in [0.3, 0.4) is 0 Å². The fourth-order valence-electron chi connectivity index (χ4n) is 4.04. The van der Waals surface area contributed by atoms with Gasteiger partial charge in [-0.15, -0.1) is 11.3 Å². The minimum atomic E-state index is 0.559. The third kappa shape index (κ3) is 2.50. The van der Waals surface area contributed by atoms with E-state index in [-0.39, 0.29) is 0 Å². The summed E-state index contributed by atoms with van der Waals surface area (Å²) in [4.78, 5) is 1.51. The highest BCUT2D eigenvalue weighted by molar-refractivity contribution is 7.10. The first-order valence-electron chi connectivity index (χ1n) is 7.51. The van der Waals surface area contributed by atoms with Crippen LogP contribution in [0.5, 0.6) is 0 Å². The average molecular weight is 263 g/mol. The van der Waals surface area contributed by atoms with Crippen LogP contribution in [0.25, 0.3) is 0 Å². The van der Waals surface area contributed by atoms with Crippen molar-refractivity contribution in [2.45, 2.75) is 45.6 Å². The Kier molecular flexibility index (Phi) is 3.76. The maximum absolute atomic E-state index is 3.86. The second kappa shape index (κ2) is 5.34. The predicted octanol–water partition coefficient (Wildman–Crippen LogP) is 4.47. The van der Waals surface area contributed by atoms with Crippen molar-refractivity contribution in [1.29, 1.82) is 0 Å². The van der Waals surface area contributed by atoms with E-state index >= 15 is 0 Å². The van der Waals surface area contributed by atoms with Crippen molar-refractivity contribution < 1.29 is 0 Å². The fourth-order valence-corrected chi connectivity index (χ4v) is 5.01. The summed E-state index contributed by atoms with van der Waals surface area (Å²) in [5, 5.41) is 6.06. The topological polar surface area (TPSA) is 12.0 Å². The van der Waals surface area contributed by atoms with E-state index in [1.807, 2.05) is 11.3 Å². The van der Waals surface area contributed by atoms with Crippen LogP contribution in [0.1, 0.15) is 50.4 Å². The Bertz CT molecular complexity index is 370. The molecular formula is C16H25NS. The standard InChI is InChI=1S/C16H25NS/c1-11(2)16(15-4-3-7-18-15)17-10-14-9-12-5-6-13(14)8-12/h3-4,7,11-14,16-17H,5-6,8-10H2,1-2H3. The Labute approximate surface area is 115 Å². The summed E-state index contributed by atoms with van der Waals surface area (Å²) in [7, 11) is 0. The molecule has 0 aliphatic heterocycles. The number of fused-ring (bicyclic) bond motifs is 2. The zero-order valence-corrected chi connectivity index (χ0v) is 12.4. The maximum atomic E-state index is 3.86. The molecule has 2 fully saturated rings. The van der Waals surface area contributed by atoms with Gasteiger partial charge >= 0.3 is 0 Å². The molecule has 0 aromatic carbocycles. The van der Waals surface area contributed by atoms with Crippen LogP contribution in [-0.2, 0) is 0 Å². The molecule has 1 heterocycles. The van der Waals surface area contributed by atoms with Gasteiger partial charge in [0, 0.05) is 10.9 Å². The van der Waals surface area contributed by atoms with Crippen LogP contribution in [0, 0.1) is 23.7 Å². The highest BCUT2D eigenvalue weighted by Gasteiger charge is 2.39. The van der Waals surface area contributed by atoms with E-state index in [0.29, 0.717) is 12.0 Å².